The first-order valence-corrected chi connectivity index (χ1v) is 8.16. The fourth-order valence-electron chi connectivity index (χ4n) is 1.82. The van der Waals surface area contributed by atoms with Gasteiger partial charge in [-0.1, -0.05) is 13.8 Å². The van der Waals surface area contributed by atoms with Crippen LogP contribution >= 0.6 is 24.8 Å². The van der Waals surface area contributed by atoms with Gasteiger partial charge in [-0.3, -0.25) is 0 Å². The highest BCUT2D eigenvalue weighted by atomic mass is 35.5. The van der Waals surface area contributed by atoms with Gasteiger partial charge in [0.1, 0.15) is 0 Å². The van der Waals surface area contributed by atoms with Gasteiger partial charge >= 0.3 is 0 Å². The lowest BCUT2D eigenvalue weighted by Crippen LogP contribution is -2.21. The molecule has 0 aliphatic heterocycles. The third-order valence-electron chi connectivity index (χ3n) is 2.81. The number of ether oxygens (including phenoxy) is 2. The summed E-state index contributed by atoms with van der Waals surface area (Å²) in [4.78, 5) is 0. The van der Waals surface area contributed by atoms with Gasteiger partial charge < -0.3 is 32.4 Å². The van der Waals surface area contributed by atoms with Crippen LogP contribution in [0.4, 0.5) is 0 Å². The van der Waals surface area contributed by atoms with Crippen LogP contribution in [0.3, 0.4) is 0 Å². The van der Waals surface area contributed by atoms with E-state index < -0.39 is 0 Å². The van der Waals surface area contributed by atoms with Gasteiger partial charge in [0.2, 0.25) is 11.9 Å². The van der Waals surface area contributed by atoms with E-state index in [2.05, 4.69) is 20.4 Å². The summed E-state index contributed by atoms with van der Waals surface area (Å²) in [5.41, 5.74) is 22.4. The lowest BCUT2D eigenvalue weighted by atomic mass is 10.1. The number of hydrogen-bond donors (Lipinski definition) is 4. The first kappa shape index (κ1) is 27.5. The summed E-state index contributed by atoms with van der Waals surface area (Å²) < 4.78 is 11.7. The SMILES string of the molecule is CCCOc1c(/C=N/N=C(N)N)ccc(/C=N/N=C(N)N)c1OCCC.Cl.Cl. The average Bonchev–Trinajstić information content (AvgIpc) is 2.59. The number of hydrogen-bond acceptors (Lipinski definition) is 6. The Labute approximate surface area is 176 Å². The second-order valence-corrected chi connectivity index (χ2v) is 5.14. The van der Waals surface area contributed by atoms with Crippen molar-refractivity contribution in [2.75, 3.05) is 13.2 Å². The molecule has 1 rings (SSSR count). The molecular weight excluding hydrogens is 407 g/mol. The van der Waals surface area contributed by atoms with Crippen LogP contribution in [-0.4, -0.2) is 37.6 Å². The summed E-state index contributed by atoms with van der Waals surface area (Å²) >= 11 is 0. The topological polar surface area (TPSA) is 172 Å². The molecule has 8 N–H and O–H groups in total. The van der Waals surface area contributed by atoms with Crippen molar-refractivity contribution in [1.29, 1.82) is 0 Å². The van der Waals surface area contributed by atoms with E-state index in [1.165, 1.54) is 12.4 Å². The zero-order valence-corrected chi connectivity index (χ0v) is 17.5. The molecule has 0 fully saturated rings. The van der Waals surface area contributed by atoms with E-state index in [1.54, 1.807) is 12.1 Å². The molecular formula is C16H28Cl2N8O2. The Morgan fingerprint density at radius 1 is 0.786 bits per heavy atom. The third kappa shape index (κ3) is 9.83. The Bertz CT molecular complexity index is 641. The number of halogens is 2. The summed E-state index contributed by atoms with van der Waals surface area (Å²) in [7, 11) is 0. The first-order valence-electron chi connectivity index (χ1n) is 8.16. The molecule has 0 saturated carbocycles. The minimum Gasteiger partial charge on any atom is -0.489 e. The standard InChI is InChI=1S/C16H26N8O2.2ClH/c1-3-7-25-13-11(9-21-23-15(17)18)5-6-12(10-22-24-16(19)20)14(13)26-8-4-2;;/h5-6,9-10H,3-4,7-8H2,1-2H3,(H4,17,18,23)(H4,19,20,24);2*1H/b21-9+,22-10+;;. The lowest BCUT2D eigenvalue weighted by molar-refractivity contribution is 0.268. The van der Waals surface area contributed by atoms with Crippen molar-refractivity contribution in [3.8, 4) is 11.5 Å². The van der Waals surface area contributed by atoms with Crippen LogP contribution in [0.5, 0.6) is 11.5 Å². The molecule has 0 spiro atoms. The molecule has 0 heterocycles. The molecule has 0 bridgehead atoms. The molecule has 1 aromatic rings. The van der Waals surface area contributed by atoms with E-state index in [0.717, 1.165) is 12.8 Å². The van der Waals surface area contributed by atoms with Crippen molar-refractivity contribution in [2.45, 2.75) is 26.7 Å². The molecule has 158 valence electrons. The van der Waals surface area contributed by atoms with E-state index in [-0.39, 0.29) is 36.7 Å². The van der Waals surface area contributed by atoms with Crippen molar-refractivity contribution in [2.24, 2.45) is 43.3 Å². The Morgan fingerprint density at radius 3 is 1.43 bits per heavy atom. The fraction of sp³-hybridized carbons (Fsp3) is 0.375. The summed E-state index contributed by atoms with van der Waals surface area (Å²) in [5, 5.41) is 14.9. The first-order chi connectivity index (χ1) is 12.5. The minimum absolute atomic E-state index is 0. The Kier molecular flexibility index (Phi) is 15.1. The second kappa shape index (κ2) is 15.3. The Morgan fingerprint density at radius 2 is 1.14 bits per heavy atom. The van der Waals surface area contributed by atoms with E-state index in [4.69, 9.17) is 32.4 Å². The molecule has 1 aromatic carbocycles. The summed E-state index contributed by atoms with van der Waals surface area (Å²) in [6.07, 6.45) is 4.62. The molecule has 28 heavy (non-hydrogen) atoms. The van der Waals surface area contributed by atoms with Crippen LogP contribution < -0.4 is 32.4 Å². The fourth-order valence-corrected chi connectivity index (χ4v) is 1.82. The molecule has 12 heteroatoms. The van der Waals surface area contributed by atoms with Crippen LogP contribution in [0.15, 0.2) is 32.5 Å². The number of rotatable bonds is 10. The second-order valence-electron chi connectivity index (χ2n) is 5.14. The Balaban J connectivity index is 0. The average molecular weight is 435 g/mol. The van der Waals surface area contributed by atoms with Gasteiger partial charge in [0.15, 0.2) is 11.5 Å². The highest BCUT2D eigenvalue weighted by Crippen LogP contribution is 2.34. The van der Waals surface area contributed by atoms with Gasteiger partial charge in [-0.25, -0.2) is 0 Å². The molecule has 0 radical (unpaired) electrons. The maximum absolute atomic E-state index is 5.87. The van der Waals surface area contributed by atoms with E-state index in [0.29, 0.717) is 35.8 Å². The van der Waals surface area contributed by atoms with Gasteiger partial charge in [0, 0.05) is 11.1 Å². The summed E-state index contributed by atoms with van der Waals surface area (Å²) in [6, 6.07) is 3.57. The molecule has 10 nitrogen and oxygen atoms in total. The highest BCUT2D eigenvalue weighted by Gasteiger charge is 2.15. The number of guanidine groups is 2. The largest absolute Gasteiger partial charge is 0.489 e. The van der Waals surface area contributed by atoms with Gasteiger partial charge in [0.25, 0.3) is 0 Å². The molecule has 0 saturated heterocycles. The van der Waals surface area contributed by atoms with E-state index in [9.17, 15) is 0 Å². The molecule has 0 aliphatic rings. The van der Waals surface area contributed by atoms with Crippen LogP contribution in [0.25, 0.3) is 0 Å². The number of benzene rings is 1. The Hall–Kier alpha value is -2.72. The van der Waals surface area contributed by atoms with Crippen molar-refractivity contribution in [3.05, 3.63) is 23.3 Å². The van der Waals surface area contributed by atoms with Gasteiger partial charge in [-0.2, -0.15) is 10.2 Å². The zero-order valence-electron chi connectivity index (χ0n) is 15.9. The number of nitrogens with two attached hydrogens (primary N) is 4. The van der Waals surface area contributed by atoms with E-state index in [1.807, 2.05) is 13.8 Å². The predicted octanol–water partition coefficient (Wildman–Crippen LogP) is 1.32. The van der Waals surface area contributed by atoms with Crippen molar-refractivity contribution >= 4 is 49.2 Å². The third-order valence-corrected chi connectivity index (χ3v) is 2.81. The van der Waals surface area contributed by atoms with Gasteiger partial charge in [0.05, 0.1) is 25.6 Å². The zero-order chi connectivity index (χ0) is 19.4. The maximum atomic E-state index is 5.87. The van der Waals surface area contributed by atoms with Crippen molar-refractivity contribution in [3.63, 3.8) is 0 Å². The summed E-state index contributed by atoms with van der Waals surface area (Å²) in [6.45, 7) is 5.01. The van der Waals surface area contributed by atoms with Crippen LogP contribution in [0.1, 0.15) is 37.8 Å². The monoisotopic (exact) mass is 434 g/mol. The molecule has 0 aliphatic carbocycles. The van der Waals surface area contributed by atoms with E-state index >= 15 is 0 Å². The van der Waals surface area contributed by atoms with Gasteiger partial charge in [-0.05, 0) is 25.0 Å². The minimum atomic E-state index is -0.138. The van der Waals surface area contributed by atoms with Crippen molar-refractivity contribution < 1.29 is 9.47 Å². The quantitative estimate of drug-likeness (QED) is 0.245. The maximum Gasteiger partial charge on any atom is 0.211 e. The molecule has 0 unspecified atom stereocenters. The normalized spacial score (nSPS) is 10.1. The molecule has 0 amide bonds. The van der Waals surface area contributed by atoms with Crippen LogP contribution in [0, 0.1) is 0 Å². The number of nitrogens with zero attached hydrogens (tertiary/aromatic N) is 4. The predicted molar refractivity (Wildman–Crippen MR) is 119 cm³/mol. The molecule has 0 aromatic heterocycles. The lowest BCUT2D eigenvalue weighted by Gasteiger charge is -2.16. The highest BCUT2D eigenvalue weighted by molar-refractivity contribution is 5.92. The smallest absolute Gasteiger partial charge is 0.211 e. The molecule has 0 atom stereocenters. The van der Waals surface area contributed by atoms with Gasteiger partial charge in [-0.15, -0.1) is 35.0 Å². The van der Waals surface area contributed by atoms with Crippen LogP contribution in [0.2, 0.25) is 0 Å². The van der Waals surface area contributed by atoms with Crippen molar-refractivity contribution in [1.82, 2.24) is 0 Å². The van der Waals surface area contributed by atoms with Crippen LogP contribution in [-0.2, 0) is 0 Å². The summed E-state index contributed by atoms with van der Waals surface area (Å²) in [5.74, 6) is 0.758.